The average Bonchev–Trinajstić information content (AvgIpc) is 3.32. The largest absolute Gasteiger partial charge is 0.397 e. The number of rotatable bonds is 3. The zero-order chi connectivity index (χ0) is 19.8. The molecule has 4 heterocycles. The summed E-state index contributed by atoms with van der Waals surface area (Å²) in [5, 5.41) is 3.43. The van der Waals surface area contributed by atoms with Gasteiger partial charge in [-0.15, -0.1) is 11.3 Å². The van der Waals surface area contributed by atoms with Crippen molar-refractivity contribution in [3.05, 3.63) is 22.7 Å². The Morgan fingerprint density at radius 1 is 1.21 bits per heavy atom. The summed E-state index contributed by atoms with van der Waals surface area (Å²) in [6.45, 7) is 2.76. The Kier molecular flexibility index (Phi) is 5.25. The third kappa shape index (κ3) is 3.35. The van der Waals surface area contributed by atoms with Gasteiger partial charge in [-0.1, -0.05) is 0 Å². The summed E-state index contributed by atoms with van der Waals surface area (Å²) >= 11 is 1.31. The molecule has 28 heavy (non-hydrogen) atoms. The summed E-state index contributed by atoms with van der Waals surface area (Å²) < 4.78 is 0. The highest BCUT2D eigenvalue weighted by atomic mass is 32.1. The van der Waals surface area contributed by atoms with E-state index in [2.05, 4.69) is 17.3 Å². The molecule has 2 aromatic heterocycles. The molecule has 4 rings (SSSR count). The second-order valence-corrected chi connectivity index (χ2v) is 8.78. The Labute approximate surface area is 168 Å². The minimum Gasteiger partial charge on any atom is -0.397 e. The van der Waals surface area contributed by atoms with Crippen molar-refractivity contribution >= 4 is 39.1 Å². The number of thiophene rings is 1. The van der Waals surface area contributed by atoms with Crippen LogP contribution in [0.5, 0.6) is 0 Å². The fourth-order valence-corrected chi connectivity index (χ4v) is 5.35. The van der Waals surface area contributed by atoms with E-state index in [0.29, 0.717) is 10.6 Å². The quantitative estimate of drug-likeness (QED) is 0.823. The minimum atomic E-state index is -0.193. The molecule has 2 aliphatic rings. The Bertz CT molecular complexity index is 903. The number of anilines is 1. The summed E-state index contributed by atoms with van der Waals surface area (Å²) in [5.74, 6) is 0.203. The van der Waals surface area contributed by atoms with Crippen molar-refractivity contribution in [2.75, 3.05) is 39.5 Å². The molecule has 0 radical (unpaired) electrons. The summed E-state index contributed by atoms with van der Waals surface area (Å²) in [4.78, 5) is 35.5. The van der Waals surface area contributed by atoms with Crippen LogP contribution in [0.2, 0.25) is 0 Å². The van der Waals surface area contributed by atoms with Crippen LogP contribution < -0.4 is 11.1 Å². The average molecular weight is 402 g/mol. The van der Waals surface area contributed by atoms with E-state index in [0.717, 1.165) is 61.2 Å². The maximum atomic E-state index is 13.2. The maximum absolute atomic E-state index is 13.2. The lowest BCUT2D eigenvalue weighted by atomic mass is 9.95. The van der Waals surface area contributed by atoms with Gasteiger partial charge in [0.25, 0.3) is 5.91 Å². The van der Waals surface area contributed by atoms with Crippen LogP contribution in [-0.4, -0.2) is 60.3 Å². The van der Waals surface area contributed by atoms with Crippen molar-refractivity contribution in [2.24, 2.45) is 5.92 Å². The molecule has 0 aliphatic carbocycles. The lowest BCUT2D eigenvalue weighted by Gasteiger charge is -2.33. The van der Waals surface area contributed by atoms with Gasteiger partial charge < -0.3 is 20.9 Å². The highest BCUT2D eigenvalue weighted by molar-refractivity contribution is 7.21. The SMILES string of the molecule is CNC(=O)c1sc2nc(C3CCCN3C(=O)C3CCN(C)CC3)ccc2c1N. The summed E-state index contributed by atoms with van der Waals surface area (Å²) in [5.41, 5.74) is 7.52. The third-order valence-electron chi connectivity index (χ3n) is 5.99. The molecule has 1 unspecified atom stereocenters. The molecule has 3 N–H and O–H groups in total. The Morgan fingerprint density at radius 3 is 2.68 bits per heavy atom. The van der Waals surface area contributed by atoms with Crippen molar-refractivity contribution in [1.29, 1.82) is 0 Å². The van der Waals surface area contributed by atoms with Crippen molar-refractivity contribution in [3.63, 3.8) is 0 Å². The number of piperidine rings is 1. The van der Waals surface area contributed by atoms with Gasteiger partial charge in [0.1, 0.15) is 9.71 Å². The molecule has 0 aromatic carbocycles. The van der Waals surface area contributed by atoms with E-state index < -0.39 is 0 Å². The Hall–Kier alpha value is -2.19. The van der Waals surface area contributed by atoms with E-state index in [1.54, 1.807) is 7.05 Å². The van der Waals surface area contributed by atoms with Crippen LogP contribution in [0, 0.1) is 5.92 Å². The number of carbonyl (C=O) groups excluding carboxylic acids is 2. The van der Waals surface area contributed by atoms with Crippen LogP contribution in [0.1, 0.15) is 47.1 Å². The summed E-state index contributed by atoms with van der Waals surface area (Å²) in [6.07, 6.45) is 3.79. The molecule has 2 saturated heterocycles. The molecule has 0 saturated carbocycles. The first-order valence-corrected chi connectivity index (χ1v) is 10.7. The molecule has 2 fully saturated rings. The molecule has 150 valence electrons. The first-order valence-electron chi connectivity index (χ1n) is 9.89. The van der Waals surface area contributed by atoms with Gasteiger partial charge in [-0.2, -0.15) is 0 Å². The number of carbonyl (C=O) groups is 2. The van der Waals surface area contributed by atoms with E-state index in [-0.39, 0.29) is 23.8 Å². The fraction of sp³-hybridized carbons (Fsp3) is 0.550. The van der Waals surface area contributed by atoms with E-state index in [1.165, 1.54) is 11.3 Å². The molecule has 8 heteroatoms. The van der Waals surface area contributed by atoms with Crippen LogP contribution in [0.15, 0.2) is 12.1 Å². The van der Waals surface area contributed by atoms with Crippen molar-refractivity contribution < 1.29 is 9.59 Å². The number of pyridine rings is 1. The maximum Gasteiger partial charge on any atom is 0.263 e. The van der Waals surface area contributed by atoms with Crippen molar-refractivity contribution in [3.8, 4) is 0 Å². The first kappa shape index (κ1) is 19.1. The highest BCUT2D eigenvalue weighted by Crippen LogP contribution is 2.37. The molecule has 2 aliphatic heterocycles. The molecular weight excluding hydrogens is 374 g/mol. The zero-order valence-corrected chi connectivity index (χ0v) is 17.2. The zero-order valence-electron chi connectivity index (χ0n) is 16.4. The van der Waals surface area contributed by atoms with Crippen LogP contribution >= 0.6 is 11.3 Å². The lowest BCUT2D eigenvalue weighted by Crippen LogP contribution is -2.41. The van der Waals surface area contributed by atoms with Gasteiger partial charge in [-0.25, -0.2) is 4.98 Å². The highest BCUT2D eigenvalue weighted by Gasteiger charge is 2.35. The lowest BCUT2D eigenvalue weighted by molar-refractivity contribution is -0.138. The van der Waals surface area contributed by atoms with Gasteiger partial charge in [0, 0.05) is 24.9 Å². The summed E-state index contributed by atoms with van der Waals surface area (Å²) in [6, 6.07) is 3.92. The number of nitrogen functional groups attached to an aromatic ring is 1. The van der Waals surface area contributed by atoms with Crippen LogP contribution in [0.3, 0.4) is 0 Å². The summed E-state index contributed by atoms with van der Waals surface area (Å²) in [7, 11) is 3.70. The predicted molar refractivity (Wildman–Crippen MR) is 111 cm³/mol. The topological polar surface area (TPSA) is 91.6 Å². The molecule has 2 amide bonds. The minimum absolute atomic E-state index is 0.0170. The van der Waals surface area contributed by atoms with Crippen LogP contribution in [-0.2, 0) is 4.79 Å². The van der Waals surface area contributed by atoms with Crippen LogP contribution in [0.25, 0.3) is 10.2 Å². The number of fused-ring (bicyclic) bond motifs is 1. The van der Waals surface area contributed by atoms with Crippen molar-refractivity contribution in [2.45, 2.75) is 31.7 Å². The Morgan fingerprint density at radius 2 is 1.96 bits per heavy atom. The van der Waals surface area contributed by atoms with E-state index in [4.69, 9.17) is 10.7 Å². The Balaban J connectivity index is 1.59. The molecular formula is C20H27N5O2S. The molecule has 2 aromatic rings. The van der Waals surface area contributed by atoms with Gasteiger partial charge in [-0.05, 0) is 58.0 Å². The second-order valence-electron chi connectivity index (χ2n) is 7.78. The normalized spacial score (nSPS) is 21.4. The van der Waals surface area contributed by atoms with Gasteiger partial charge >= 0.3 is 0 Å². The number of nitrogens with one attached hydrogen (secondary N) is 1. The molecule has 0 spiro atoms. The predicted octanol–water partition coefficient (Wildman–Crippen LogP) is 2.24. The van der Waals surface area contributed by atoms with Crippen LogP contribution in [0.4, 0.5) is 5.69 Å². The van der Waals surface area contributed by atoms with Gasteiger partial charge in [-0.3, -0.25) is 9.59 Å². The van der Waals surface area contributed by atoms with Gasteiger partial charge in [0.2, 0.25) is 5.91 Å². The number of nitrogens with two attached hydrogens (primary N) is 1. The molecule has 1 atom stereocenters. The number of aromatic nitrogens is 1. The number of hydrogen-bond acceptors (Lipinski definition) is 6. The monoisotopic (exact) mass is 401 g/mol. The van der Waals surface area contributed by atoms with E-state index >= 15 is 0 Å². The van der Waals surface area contributed by atoms with E-state index in [9.17, 15) is 9.59 Å². The molecule has 0 bridgehead atoms. The third-order valence-corrected chi connectivity index (χ3v) is 7.11. The number of amides is 2. The van der Waals surface area contributed by atoms with Crippen molar-refractivity contribution in [1.82, 2.24) is 20.1 Å². The standard InChI is InChI=1S/C20H27N5O2S/c1-22-18(26)17-16(21)13-5-6-14(23-19(13)28-17)15-4-3-9-25(15)20(27)12-7-10-24(2)11-8-12/h5-6,12,15H,3-4,7-11,21H2,1-2H3,(H,22,26). The smallest absolute Gasteiger partial charge is 0.263 e. The first-order chi connectivity index (χ1) is 13.5. The van der Waals surface area contributed by atoms with Gasteiger partial charge in [0.05, 0.1) is 17.4 Å². The second kappa shape index (κ2) is 7.67. The number of likely N-dealkylation sites (tertiary alicyclic amines) is 2. The number of hydrogen-bond donors (Lipinski definition) is 2. The number of nitrogens with zero attached hydrogens (tertiary/aromatic N) is 3. The van der Waals surface area contributed by atoms with Gasteiger partial charge in [0.15, 0.2) is 0 Å². The van der Waals surface area contributed by atoms with E-state index in [1.807, 2.05) is 17.0 Å². The fourth-order valence-electron chi connectivity index (χ4n) is 4.31. The molecule has 7 nitrogen and oxygen atoms in total.